The van der Waals surface area contributed by atoms with Crippen LogP contribution >= 0.6 is 11.6 Å². The van der Waals surface area contributed by atoms with Crippen LogP contribution in [0.4, 0.5) is 0 Å². The Labute approximate surface area is 189 Å². The number of hydrogen-bond acceptors (Lipinski definition) is 3. The molecule has 1 atom stereocenters. The topological polar surface area (TPSA) is 52.7 Å². The molecule has 2 aromatic carbocycles. The number of nitrogens with one attached hydrogen (secondary N) is 1. The Morgan fingerprint density at radius 1 is 0.935 bits per heavy atom. The molecule has 2 amide bonds. The molecule has 31 heavy (non-hydrogen) atoms. The zero-order chi connectivity index (χ0) is 21.6. The van der Waals surface area contributed by atoms with Crippen molar-refractivity contribution in [1.82, 2.24) is 15.1 Å². The number of amides is 2. The Morgan fingerprint density at radius 3 is 2.26 bits per heavy atom. The van der Waals surface area contributed by atoms with Crippen molar-refractivity contribution >= 4 is 23.4 Å². The van der Waals surface area contributed by atoms with Gasteiger partial charge in [0.25, 0.3) is 5.91 Å². The second kappa shape index (κ2) is 10.3. The van der Waals surface area contributed by atoms with E-state index in [1.165, 1.54) is 25.7 Å². The van der Waals surface area contributed by atoms with Gasteiger partial charge in [-0.1, -0.05) is 66.9 Å². The number of carbonyl (C=O) groups excluding carboxylic acids is 2. The average Bonchev–Trinajstić information content (AvgIpc) is 3.34. The van der Waals surface area contributed by atoms with Crippen LogP contribution in [0.3, 0.4) is 0 Å². The van der Waals surface area contributed by atoms with Gasteiger partial charge in [0.1, 0.15) is 0 Å². The highest BCUT2D eigenvalue weighted by molar-refractivity contribution is 6.33. The van der Waals surface area contributed by atoms with Gasteiger partial charge in [-0.15, -0.1) is 0 Å². The van der Waals surface area contributed by atoms with E-state index >= 15 is 0 Å². The van der Waals surface area contributed by atoms with Gasteiger partial charge in [-0.2, -0.15) is 0 Å². The lowest BCUT2D eigenvalue weighted by molar-refractivity contribution is -0.133. The van der Waals surface area contributed by atoms with E-state index < -0.39 is 6.04 Å². The van der Waals surface area contributed by atoms with Crippen molar-refractivity contribution in [3.8, 4) is 0 Å². The second-order valence-corrected chi connectivity index (χ2v) is 8.88. The van der Waals surface area contributed by atoms with Gasteiger partial charge in [-0.05, 0) is 30.5 Å². The van der Waals surface area contributed by atoms with Crippen LogP contribution in [0, 0.1) is 0 Å². The predicted molar refractivity (Wildman–Crippen MR) is 123 cm³/mol. The van der Waals surface area contributed by atoms with Crippen LogP contribution in [-0.2, 0) is 4.79 Å². The zero-order valence-electron chi connectivity index (χ0n) is 17.8. The highest BCUT2D eigenvalue weighted by Gasteiger charge is 2.29. The molecule has 1 aliphatic heterocycles. The Morgan fingerprint density at radius 2 is 1.58 bits per heavy atom. The summed E-state index contributed by atoms with van der Waals surface area (Å²) in [6.07, 6.45) is 5.47. The summed E-state index contributed by atoms with van der Waals surface area (Å²) in [5, 5.41) is 3.44. The predicted octanol–water partition coefficient (Wildman–Crippen LogP) is 4.29. The first kappa shape index (κ1) is 21.8. The Balaban J connectivity index is 1.41. The molecule has 2 fully saturated rings. The minimum Gasteiger partial charge on any atom is -0.345 e. The second-order valence-electron chi connectivity index (χ2n) is 8.48. The van der Waals surface area contributed by atoms with Gasteiger partial charge in [-0.3, -0.25) is 14.5 Å². The first-order chi connectivity index (χ1) is 15.1. The quantitative estimate of drug-likeness (QED) is 0.730. The molecule has 1 saturated carbocycles. The number of piperazine rings is 1. The lowest BCUT2D eigenvalue weighted by atomic mass is 10.0. The maximum Gasteiger partial charge on any atom is 0.253 e. The highest BCUT2D eigenvalue weighted by atomic mass is 35.5. The van der Waals surface area contributed by atoms with Crippen LogP contribution in [0.25, 0.3) is 0 Å². The number of hydrogen-bond donors (Lipinski definition) is 1. The van der Waals surface area contributed by atoms with Crippen LogP contribution in [0.1, 0.15) is 54.1 Å². The number of rotatable bonds is 6. The molecular formula is C25H30ClN3O2. The zero-order valence-corrected chi connectivity index (χ0v) is 18.6. The van der Waals surface area contributed by atoms with Gasteiger partial charge in [0.2, 0.25) is 5.91 Å². The molecule has 0 radical (unpaired) electrons. The Bertz CT molecular complexity index is 891. The largest absolute Gasteiger partial charge is 0.345 e. The van der Waals surface area contributed by atoms with E-state index in [2.05, 4.69) is 10.2 Å². The van der Waals surface area contributed by atoms with Crippen molar-refractivity contribution in [1.29, 1.82) is 0 Å². The molecule has 4 rings (SSSR count). The van der Waals surface area contributed by atoms with E-state index in [-0.39, 0.29) is 18.2 Å². The summed E-state index contributed by atoms with van der Waals surface area (Å²) in [4.78, 5) is 30.5. The molecule has 6 heteroatoms. The molecule has 5 nitrogen and oxygen atoms in total. The number of halogens is 1. The summed E-state index contributed by atoms with van der Waals surface area (Å²) >= 11 is 6.20. The fourth-order valence-electron chi connectivity index (χ4n) is 4.73. The van der Waals surface area contributed by atoms with E-state index in [0.717, 1.165) is 31.7 Å². The lowest BCUT2D eigenvalue weighted by Gasteiger charge is -2.38. The summed E-state index contributed by atoms with van der Waals surface area (Å²) < 4.78 is 0. The fraction of sp³-hybridized carbons (Fsp3) is 0.440. The first-order valence-corrected chi connectivity index (χ1v) is 11.6. The summed E-state index contributed by atoms with van der Waals surface area (Å²) in [5.74, 6) is -0.183. The van der Waals surface area contributed by atoms with Gasteiger partial charge < -0.3 is 10.2 Å². The van der Waals surface area contributed by atoms with Crippen molar-refractivity contribution in [3.63, 3.8) is 0 Å². The molecule has 1 unspecified atom stereocenters. The maximum absolute atomic E-state index is 13.1. The van der Waals surface area contributed by atoms with Crippen molar-refractivity contribution < 1.29 is 9.59 Å². The lowest BCUT2D eigenvalue weighted by Crippen LogP contribution is -2.51. The standard InChI is InChI=1S/C25H30ClN3O2/c26-22-13-7-6-12-21(22)25(31)27-23(19-8-2-1-3-9-19)18-24(30)29-16-14-28(15-17-29)20-10-4-5-11-20/h1-3,6-9,12-13,20,23H,4-5,10-11,14-18H2,(H,27,31). The summed E-state index contributed by atoms with van der Waals surface area (Å²) in [7, 11) is 0. The molecule has 2 aromatic rings. The van der Waals surface area contributed by atoms with Crippen molar-refractivity contribution in [2.75, 3.05) is 26.2 Å². The highest BCUT2D eigenvalue weighted by Crippen LogP contribution is 2.25. The van der Waals surface area contributed by atoms with E-state index in [9.17, 15) is 9.59 Å². The molecule has 1 aliphatic carbocycles. The third-order valence-corrected chi connectivity index (χ3v) is 6.84. The smallest absolute Gasteiger partial charge is 0.253 e. The Hall–Kier alpha value is -2.37. The Kier molecular flexibility index (Phi) is 7.25. The van der Waals surface area contributed by atoms with E-state index in [4.69, 9.17) is 11.6 Å². The molecule has 0 bridgehead atoms. The van der Waals surface area contributed by atoms with Gasteiger partial charge in [-0.25, -0.2) is 0 Å². The molecule has 1 N–H and O–H groups in total. The minimum absolute atomic E-state index is 0.0828. The van der Waals surface area contributed by atoms with Gasteiger partial charge >= 0.3 is 0 Å². The number of benzene rings is 2. The molecule has 1 saturated heterocycles. The molecule has 0 spiro atoms. The summed E-state index contributed by atoms with van der Waals surface area (Å²) in [6, 6.07) is 17.0. The van der Waals surface area contributed by atoms with Gasteiger partial charge in [0.05, 0.1) is 23.0 Å². The van der Waals surface area contributed by atoms with E-state index in [0.29, 0.717) is 16.6 Å². The fourth-order valence-corrected chi connectivity index (χ4v) is 4.95. The normalized spacial score (nSPS) is 18.7. The van der Waals surface area contributed by atoms with E-state index in [1.807, 2.05) is 35.2 Å². The third kappa shape index (κ3) is 5.46. The van der Waals surface area contributed by atoms with Crippen LogP contribution in [0.5, 0.6) is 0 Å². The van der Waals surface area contributed by atoms with Crippen molar-refractivity contribution in [3.05, 3.63) is 70.7 Å². The molecule has 164 valence electrons. The van der Waals surface area contributed by atoms with Crippen LogP contribution in [0.15, 0.2) is 54.6 Å². The van der Waals surface area contributed by atoms with Crippen LogP contribution in [0.2, 0.25) is 5.02 Å². The van der Waals surface area contributed by atoms with Gasteiger partial charge in [0.15, 0.2) is 0 Å². The van der Waals surface area contributed by atoms with Crippen molar-refractivity contribution in [2.45, 2.75) is 44.2 Å². The average molecular weight is 440 g/mol. The third-order valence-electron chi connectivity index (χ3n) is 6.51. The number of nitrogens with zero attached hydrogens (tertiary/aromatic N) is 2. The maximum atomic E-state index is 13.1. The summed E-state index contributed by atoms with van der Waals surface area (Å²) in [6.45, 7) is 3.40. The SMILES string of the molecule is O=C(NC(CC(=O)N1CCN(C2CCCC2)CC1)c1ccccc1)c1ccccc1Cl. The monoisotopic (exact) mass is 439 g/mol. The van der Waals surface area contributed by atoms with Crippen molar-refractivity contribution in [2.24, 2.45) is 0 Å². The first-order valence-electron chi connectivity index (χ1n) is 11.2. The molecule has 1 heterocycles. The molecular weight excluding hydrogens is 410 g/mol. The number of carbonyl (C=O) groups is 2. The van der Waals surface area contributed by atoms with Crippen LogP contribution in [-0.4, -0.2) is 53.8 Å². The van der Waals surface area contributed by atoms with E-state index in [1.54, 1.807) is 24.3 Å². The minimum atomic E-state index is -0.398. The van der Waals surface area contributed by atoms with Crippen LogP contribution < -0.4 is 5.32 Å². The molecule has 2 aliphatic rings. The molecule has 0 aromatic heterocycles. The summed E-state index contributed by atoms with van der Waals surface area (Å²) in [5.41, 5.74) is 1.34. The van der Waals surface area contributed by atoms with Gasteiger partial charge in [0, 0.05) is 32.2 Å².